The van der Waals surface area contributed by atoms with E-state index in [-0.39, 0.29) is 18.1 Å². The topological polar surface area (TPSA) is 65.5 Å². The first-order chi connectivity index (χ1) is 11.5. The summed E-state index contributed by atoms with van der Waals surface area (Å²) < 4.78 is 0. The molecule has 128 valence electrons. The van der Waals surface area contributed by atoms with Crippen molar-refractivity contribution in [2.24, 2.45) is 5.92 Å². The number of carbonyl (C=O) groups is 1. The van der Waals surface area contributed by atoms with Gasteiger partial charge in [0.1, 0.15) is 5.01 Å². The number of anilines is 1. The van der Waals surface area contributed by atoms with Gasteiger partial charge in [0.2, 0.25) is 0 Å². The summed E-state index contributed by atoms with van der Waals surface area (Å²) in [4.78, 5) is 18.7. The van der Waals surface area contributed by atoms with Crippen LogP contribution in [0.5, 0.6) is 0 Å². The molecule has 6 heteroatoms. The minimum Gasteiger partial charge on any atom is -0.393 e. The Morgan fingerprint density at radius 3 is 2.79 bits per heavy atom. The normalized spacial score (nSPS) is 19.1. The highest BCUT2D eigenvalue weighted by atomic mass is 32.1. The molecule has 24 heavy (non-hydrogen) atoms. The number of aryl methyl sites for hydroxylation is 1. The molecule has 1 aromatic carbocycles. The van der Waals surface area contributed by atoms with Gasteiger partial charge in [-0.15, -0.1) is 11.3 Å². The molecule has 0 aliphatic carbocycles. The first kappa shape index (κ1) is 16.9. The van der Waals surface area contributed by atoms with E-state index in [2.05, 4.69) is 10.3 Å². The van der Waals surface area contributed by atoms with Crippen LogP contribution in [-0.4, -0.2) is 40.2 Å². The molecule has 0 bridgehead atoms. The second-order valence-corrected chi connectivity index (χ2v) is 7.25. The Bertz CT molecular complexity index is 697. The third-order valence-electron chi connectivity index (χ3n) is 4.43. The van der Waals surface area contributed by atoms with Crippen molar-refractivity contribution in [3.63, 3.8) is 0 Å². The van der Waals surface area contributed by atoms with E-state index >= 15 is 0 Å². The van der Waals surface area contributed by atoms with Gasteiger partial charge in [-0.05, 0) is 51.0 Å². The number of aliphatic hydroxyl groups is 1. The Labute approximate surface area is 146 Å². The summed E-state index contributed by atoms with van der Waals surface area (Å²) in [5, 5.41) is 15.7. The molecule has 2 amide bonds. The summed E-state index contributed by atoms with van der Waals surface area (Å²) in [6, 6.07) is 7.66. The molecule has 1 aromatic heterocycles. The fourth-order valence-electron chi connectivity index (χ4n) is 2.97. The summed E-state index contributed by atoms with van der Waals surface area (Å²) in [7, 11) is 0. The van der Waals surface area contributed by atoms with Crippen LogP contribution in [0.15, 0.2) is 29.6 Å². The number of rotatable bonds is 3. The molecule has 1 fully saturated rings. The van der Waals surface area contributed by atoms with Gasteiger partial charge in [0.25, 0.3) is 0 Å². The van der Waals surface area contributed by atoms with Crippen LogP contribution in [-0.2, 0) is 0 Å². The molecule has 2 aromatic rings. The van der Waals surface area contributed by atoms with Crippen molar-refractivity contribution in [1.29, 1.82) is 0 Å². The zero-order valence-electron chi connectivity index (χ0n) is 14.0. The van der Waals surface area contributed by atoms with Gasteiger partial charge in [-0.3, -0.25) is 0 Å². The predicted octanol–water partition coefficient (Wildman–Crippen LogP) is 3.74. The lowest BCUT2D eigenvalue weighted by Gasteiger charge is -2.34. The van der Waals surface area contributed by atoms with Crippen LogP contribution in [0.2, 0.25) is 0 Å². The molecule has 5 nitrogen and oxygen atoms in total. The number of piperidine rings is 1. The summed E-state index contributed by atoms with van der Waals surface area (Å²) in [5.74, 6) is 0.167. The maximum absolute atomic E-state index is 12.4. The molecule has 0 spiro atoms. The quantitative estimate of drug-likeness (QED) is 0.890. The monoisotopic (exact) mass is 345 g/mol. The van der Waals surface area contributed by atoms with E-state index in [0.29, 0.717) is 6.54 Å². The highest BCUT2D eigenvalue weighted by molar-refractivity contribution is 7.13. The number of aromatic nitrogens is 1. The molecule has 2 unspecified atom stereocenters. The molecular weight excluding hydrogens is 322 g/mol. The molecule has 2 heterocycles. The Kier molecular flexibility index (Phi) is 5.16. The first-order valence-electron chi connectivity index (χ1n) is 8.29. The highest BCUT2D eigenvalue weighted by Gasteiger charge is 2.26. The van der Waals surface area contributed by atoms with Crippen LogP contribution < -0.4 is 5.32 Å². The van der Waals surface area contributed by atoms with Crippen molar-refractivity contribution in [3.8, 4) is 10.6 Å². The zero-order valence-corrected chi connectivity index (χ0v) is 14.8. The molecule has 3 rings (SSSR count). The van der Waals surface area contributed by atoms with E-state index < -0.39 is 0 Å². The van der Waals surface area contributed by atoms with Gasteiger partial charge in [-0.2, -0.15) is 0 Å². The van der Waals surface area contributed by atoms with Crippen LogP contribution in [0, 0.1) is 12.8 Å². The minimum absolute atomic E-state index is 0.0989. The summed E-state index contributed by atoms with van der Waals surface area (Å²) >= 11 is 1.62. The van der Waals surface area contributed by atoms with E-state index in [1.54, 1.807) is 23.2 Å². The van der Waals surface area contributed by atoms with Crippen molar-refractivity contribution >= 4 is 23.1 Å². The van der Waals surface area contributed by atoms with Crippen molar-refractivity contribution < 1.29 is 9.90 Å². The van der Waals surface area contributed by atoms with Crippen LogP contribution in [0.4, 0.5) is 10.5 Å². The number of urea groups is 1. The lowest BCUT2D eigenvalue weighted by molar-refractivity contribution is 0.0766. The Morgan fingerprint density at radius 2 is 2.17 bits per heavy atom. The molecule has 2 atom stereocenters. The van der Waals surface area contributed by atoms with Crippen molar-refractivity contribution in [1.82, 2.24) is 9.88 Å². The smallest absolute Gasteiger partial charge is 0.321 e. The molecule has 0 saturated carbocycles. The number of amides is 2. The van der Waals surface area contributed by atoms with Crippen LogP contribution in [0.25, 0.3) is 10.6 Å². The standard InChI is InChI=1S/C18H23N3O2S/c1-12-11-24-17(19-12)14-5-7-16(8-6-14)20-18(23)21-9-3-4-15(10-21)13(2)22/h5-8,11,13,15,22H,3-4,9-10H2,1-2H3,(H,20,23). The maximum Gasteiger partial charge on any atom is 0.321 e. The van der Waals surface area contributed by atoms with E-state index in [0.717, 1.165) is 41.3 Å². The number of hydrogen-bond donors (Lipinski definition) is 2. The first-order valence-corrected chi connectivity index (χ1v) is 9.17. The lowest BCUT2D eigenvalue weighted by Crippen LogP contribution is -2.44. The van der Waals surface area contributed by atoms with Gasteiger partial charge in [0, 0.05) is 41.3 Å². The van der Waals surface area contributed by atoms with Crippen LogP contribution >= 0.6 is 11.3 Å². The third-order valence-corrected chi connectivity index (χ3v) is 5.44. The highest BCUT2D eigenvalue weighted by Crippen LogP contribution is 2.25. The number of aliphatic hydroxyl groups excluding tert-OH is 1. The van der Waals surface area contributed by atoms with Gasteiger partial charge in [-0.25, -0.2) is 9.78 Å². The van der Waals surface area contributed by atoms with E-state index in [1.807, 2.05) is 36.6 Å². The molecule has 1 saturated heterocycles. The second kappa shape index (κ2) is 7.32. The molecule has 2 N–H and O–H groups in total. The van der Waals surface area contributed by atoms with Crippen molar-refractivity contribution in [2.45, 2.75) is 32.8 Å². The SMILES string of the molecule is Cc1csc(-c2ccc(NC(=O)N3CCCC(C(C)O)C3)cc2)n1. The lowest BCUT2D eigenvalue weighted by atomic mass is 9.94. The molecular formula is C18H23N3O2S. The molecule has 0 radical (unpaired) electrons. The van der Waals surface area contributed by atoms with Crippen LogP contribution in [0.3, 0.4) is 0 Å². The molecule has 1 aliphatic heterocycles. The number of nitrogens with zero attached hydrogens (tertiary/aromatic N) is 2. The molecule has 1 aliphatic rings. The number of carbonyl (C=O) groups excluding carboxylic acids is 1. The van der Waals surface area contributed by atoms with Gasteiger partial charge in [-0.1, -0.05) is 0 Å². The number of thiazole rings is 1. The fraction of sp³-hybridized carbons (Fsp3) is 0.444. The van der Waals surface area contributed by atoms with E-state index in [4.69, 9.17) is 0 Å². The van der Waals surface area contributed by atoms with Gasteiger partial charge in [0.15, 0.2) is 0 Å². The average Bonchev–Trinajstić information content (AvgIpc) is 3.02. The van der Waals surface area contributed by atoms with Crippen LogP contribution in [0.1, 0.15) is 25.5 Å². The average molecular weight is 345 g/mol. The Balaban J connectivity index is 1.62. The summed E-state index contributed by atoms with van der Waals surface area (Å²) in [5.41, 5.74) is 2.85. The zero-order chi connectivity index (χ0) is 17.1. The summed E-state index contributed by atoms with van der Waals surface area (Å²) in [6.45, 7) is 5.13. The minimum atomic E-state index is -0.373. The number of likely N-dealkylation sites (tertiary alicyclic amines) is 1. The number of benzene rings is 1. The predicted molar refractivity (Wildman–Crippen MR) is 97.3 cm³/mol. The third kappa shape index (κ3) is 3.94. The van der Waals surface area contributed by atoms with Gasteiger partial charge >= 0.3 is 6.03 Å². The number of hydrogen-bond acceptors (Lipinski definition) is 4. The Morgan fingerprint density at radius 1 is 1.42 bits per heavy atom. The van der Waals surface area contributed by atoms with E-state index in [9.17, 15) is 9.90 Å². The maximum atomic E-state index is 12.4. The van der Waals surface area contributed by atoms with Crippen molar-refractivity contribution in [3.05, 3.63) is 35.3 Å². The number of nitrogens with one attached hydrogen (secondary N) is 1. The fourth-order valence-corrected chi connectivity index (χ4v) is 3.78. The van der Waals surface area contributed by atoms with Gasteiger partial charge in [0.05, 0.1) is 6.10 Å². The second-order valence-electron chi connectivity index (χ2n) is 6.39. The van der Waals surface area contributed by atoms with E-state index in [1.165, 1.54) is 0 Å². The van der Waals surface area contributed by atoms with Gasteiger partial charge < -0.3 is 15.3 Å². The largest absolute Gasteiger partial charge is 0.393 e. The van der Waals surface area contributed by atoms with Crippen molar-refractivity contribution in [2.75, 3.05) is 18.4 Å². The Hall–Kier alpha value is -1.92. The summed E-state index contributed by atoms with van der Waals surface area (Å²) in [6.07, 6.45) is 1.54.